The molecule has 5 nitrogen and oxygen atoms in total. The van der Waals surface area contributed by atoms with Crippen molar-refractivity contribution in [2.24, 2.45) is 0 Å². The largest absolute Gasteiger partial charge is 0.322 e. The summed E-state index contributed by atoms with van der Waals surface area (Å²) < 4.78 is 0. The highest BCUT2D eigenvalue weighted by molar-refractivity contribution is 6.04. The van der Waals surface area contributed by atoms with E-state index < -0.39 is 0 Å². The molecule has 1 atom stereocenters. The van der Waals surface area contributed by atoms with E-state index in [9.17, 15) is 4.79 Å². The van der Waals surface area contributed by atoms with Crippen LogP contribution in [0.25, 0.3) is 0 Å². The molecule has 1 aliphatic rings. The molecule has 1 aromatic heterocycles. The Morgan fingerprint density at radius 2 is 1.96 bits per heavy atom. The monoisotopic (exact) mass is 372 g/mol. The van der Waals surface area contributed by atoms with Crippen LogP contribution in [0.1, 0.15) is 35.5 Å². The molecule has 1 aliphatic heterocycles. The van der Waals surface area contributed by atoms with E-state index in [1.54, 1.807) is 17.3 Å². The smallest absolute Gasteiger partial charge is 0.278 e. The average molecular weight is 372 g/mol. The number of carbonyl (C=O) groups excluding carboxylic acids is 1. The number of carbonyl (C=O) groups is 1. The summed E-state index contributed by atoms with van der Waals surface area (Å²) >= 11 is 0. The third kappa shape index (κ3) is 3.24. The molecule has 2 heterocycles. The van der Waals surface area contributed by atoms with E-state index in [1.807, 2.05) is 44.2 Å². The first-order valence-corrected chi connectivity index (χ1v) is 9.66. The number of benzene rings is 2. The summed E-state index contributed by atoms with van der Waals surface area (Å²) in [6.45, 7) is 6.73. The molecular formula is C23H24N4O. The van der Waals surface area contributed by atoms with Gasteiger partial charge in [-0.15, -0.1) is 0 Å². The van der Waals surface area contributed by atoms with Crippen molar-refractivity contribution in [3.8, 4) is 0 Å². The molecule has 0 spiro atoms. The third-order valence-corrected chi connectivity index (χ3v) is 5.19. The molecule has 4 rings (SSSR count). The standard InChI is InChI=1S/C23H24N4O/c1-4-26(19-10-7-8-16(2)12-19)23(28)20-14-25-22(15-24-20)27-17(3)13-18-9-5-6-11-21(18)27/h5-12,14-15,17H,4,13H2,1-3H3. The summed E-state index contributed by atoms with van der Waals surface area (Å²) in [7, 11) is 0. The van der Waals surface area contributed by atoms with Gasteiger partial charge in [-0.2, -0.15) is 0 Å². The number of nitrogens with zero attached hydrogens (tertiary/aromatic N) is 4. The van der Waals surface area contributed by atoms with Gasteiger partial charge in [0, 0.05) is 24.0 Å². The summed E-state index contributed by atoms with van der Waals surface area (Å²) in [5.74, 6) is 0.634. The fraction of sp³-hybridized carbons (Fsp3) is 0.261. The lowest BCUT2D eigenvalue weighted by atomic mass is 10.1. The first-order chi connectivity index (χ1) is 13.6. The van der Waals surface area contributed by atoms with Crippen LogP contribution in [0.2, 0.25) is 0 Å². The van der Waals surface area contributed by atoms with Crippen LogP contribution in [-0.2, 0) is 6.42 Å². The highest BCUT2D eigenvalue weighted by atomic mass is 16.2. The van der Waals surface area contributed by atoms with Crippen LogP contribution >= 0.6 is 0 Å². The molecule has 1 amide bonds. The van der Waals surface area contributed by atoms with Gasteiger partial charge >= 0.3 is 0 Å². The van der Waals surface area contributed by atoms with Crippen LogP contribution < -0.4 is 9.80 Å². The molecule has 5 heteroatoms. The van der Waals surface area contributed by atoms with Crippen molar-refractivity contribution in [2.75, 3.05) is 16.3 Å². The molecule has 0 radical (unpaired) electrons. The van der Waals surface area contributed by atoms with Crippen LogP contribution in [0, 0.1) is 6.92 Å². The molecule has 0 saturated carbocycles. The van der Waals surface area contributed by atoms with E-state index >= 15 is 0 Å². The average Bonchev–Trinajstić information content (AvgIpc) is 3.04. The predicted octanol–water partition coefficient (Wildman–Crippen LogP) is 4.53. The minimum Gasteiger partial charge on any atom is -0.322 e. The molecule has 28 heavy (non-hydrogen) atoms. The van der Waals surface area contributed by atoms with Crippen molar-refractivity contribution in [1.82, 2.24) is 9.97 Å². The predicted molar refractivity (Wildman–Crippen MR) is 112 cm³/mol. The second kappa shape index (κ2) is 7.43. The van der Waals surface area contributed by atoms with Crippen LogP contribution in [0.4, 0.5) is 17.2 Å². The second-order valence-electron chi connectivity index (χ2n) is 7.20. The maximum absolute atomic E-state index is 13.0. The summed E-state index contributed by atoms with van der Waals surface area (Å²) in [6, 6.07) is 16.6. The fourth-order valence-corrected chi connectivity index (χ4v) is 3.85. The van der Waals surface area contributed by atoms with Gasteiger partial charge in [0.15, 0.2) is 5.82 Å². The van der Waals surface area contributed by atoms with Crippen molar-refractivity contribution in [3.63, 3.8) is 0 Å². The van der Waals surface area contributed by atoms with Crippen LogP contribution in [0.15, 0.2) is 60.9 Å². The lowest BCUT2D eigenvalue weighted by Gasteiger charge is -2.24. The van der Waals surface area contributed by atoms with E-state index in [4.69, 9.17) is 0 Å². The quantitative estimate of drug-likeness (QED) is 0.675. The number of para-hydroxylation sites is 1. The Labute approximate surface area is 165 Å². The summed E-state index contributed by atoms with van der Waals surface area (Å²) in [5, 5.41) is 0. The topological polar surface area (TPSA) is 49.3 Å². The van der Waals surface area contributed by atoms with Crippen LogP contribution in [-0.4, -0.2) is 28.5 Å². The molecule has 3 aromatic rings. The van der Waals surface area contributed by atoms with Crippen molar-refractivity contribution >= 4 is 23.1 Å². The Morgan fingerprint density at radius 3 is 2.68 bits per heavy atom. The molecule has 0 fully saturated rings. The molecule has 2 aromatic carbocycles. The number of amides is 1. The highest BCUT2D eigenvalue weighted by Crippen LogP contribution is 2.36. The van der Waals surface area contributed by atoms with Gasteiger partial charge in [0.1, 0.15) is 5.69 Å². The fourth-order valence-electron chi connectivity index (χ4n) is 3.85. The van der Waals surface area contributed by atoms with Crippen LogP contribution in [0.5, 0.6) is 0 Å². The van der Waals surface area contributed by atoms with Gasteiger partial charge in [-0.25, -0.2) is 9.97 Å². The maximum Gasteiger partial charge on any atom is 0.278 e. The van der Waals surface area contributed by atoms with Gasteiger partial charge in [-0.1, -0.05) is 30.3 Å². The summed E-state index contributed by atoms with van der Waals surface area (Å²) in [5.41, 5.74) is 4.83. The van der Waals surface area contributed by atoms with Gasteiger partial charge in [-0.3, -0.25) is 4.79 Å². The number of rotatable bonds is 4. The molecule has 142 valence electrons. The van der Waals surface area contributed by atoms with E-state index in [-0.39, 0.29) is 5.91 Å². The zero-order chi connectivity index (χ0) is 19.7. The molecular weight excluding hydrogens is 348 g/mol. The lowest BCUT2D eigenvalue weighted by Crippen LogP contribution is -2.32. The number of aryl methyl sites for hydroxylation is 1. The van der Waals surface area contributed by atoms with E-state index in [1.165, 1.54) is 11.3 Å². The van der Waals surface area contributed by atoms with Gasteiger partial charge < -0.3 is 9.80 Å². The molecule has 0 N–H and O–H groups in total. The Morgan fingerprint density at radius 1 is 1.14 bits per heavy atom. The van der Waals surface area contributed by atoms with E-state index in [0.29, 0.717) is 18.3 Å². The summed E-state index contributed by atoms with van der Waals surface area (Å²) in [4.78, 5) is 25.9. The van der Waals surface area contributed by atoms with Crippen molar-refractivity contribution < 1.29 is 4.79 Å². The lowest BCUT2D eigenvalue weighted by molar-refractivity contribution is 0.0983. The SMILES string of the molecule is CCN(C(=O)c1cnc(N2c3ccccc3CC2C)cn1)c1cccc(C)c1. The Kier molecular flexibility index (Phi) is 4.82. The molecule has 0 saturated heterocycles. The minimum atomic E-state index is -0.137. The van der Waals surface area contributed by atoms with Crippen molar-refractivity contribution in [2.45, 2.75) is 33.2 Å². The van der Waals surface area contributed by atoms with E-state index in [0.717, 1.165) is 23.5 Å². The number of anilines is 3. The molecule has 0 aliphatic carbocycles. The highest BCUT2D eigenvalue weighted by Gasteiger charge is 2.28. The Hall–Kier alpha value is -3.21. The van der Waals surface area contributed by atoms with Crippen molar-refractivity contribution in [3.05, 3.63) is 77.7 Å². The normalized spacial score (nSPS) is 15.4. The Balaban J connectivity index is 1.60. The van der Waals surface area contributed by atoms with Gasteiger partial charge in [0.05, 0.1) is 12.4 Å². The third-order valence-electron chi connectivity index (χ3n) is 5.19. The Bertz CT molecular complexity index is 999. The van der Waals surface area contributed by atoms with Gasteiger partial charge in [-0.05, 0) is 56.5 Å². The minimum absolute atomic E-state index is 0.137. The maximum atomic E-state index is 13.0. The second-order valence-corrected chi connectivity index (χ2v) is 7.20. The van der Waals surface area contributed by atoms with Crippen LogP contribution in [0.3, 0.4) is 0 Å². The number of aromatic nitrogens is 2. The zero-order valence-electron chi connectivity index (χ0n) is 16.5. The molecule has 1 unspecified atom stereocenters. The number of hydrogen-bond acceptors (Lipinski definition) is 4. The van der Waals surface area contributed by atoms with E-state index in [2.05, 4.69) is 40.0 Å². The first kappa shape index (κ1) is 18.2. The zero-order valence-corrected chi connectivity index (χ0v) is 16.5. The number of hydrogen-bond donors (Lipinski definition) is 0. The van der Waals surface area contributed by atoms with Crippen molar-refractivity contribution in [1.29, 1.82) is 0 Å². The first-order valence-electron chi connectivity index (χ1n) is 9.66. The number of fused-ring (bicyclic) bond motifs is 1. The molecule has 0 bridgehead atoms. The van der Waals surface area contributed by atoms with Gasteiger partial charge in [0.2, 0.25) is 0 Å². The van der Waals surface area contributed by atoms with Gasteiger partial charge in [0.25, 0.3) is 5.91 Å². The summed E-state index contributed by atoms with van der Waals surface area (Å²) in [6.07, 6.45) is 4.27.